The lowest BCUT2D eigenvalue weighted by molar-refractivity contribution is -0.115. The number of carbonyl (C=O) groups excluding carboxylic acids is 1. The summed E-state index contributed by atoms with van der Waals surface area (Å²) in [5.41, 5.74) is -1.45. The zero-order chi connectivity index (χ0) is 27.5. The van der Waals surface area contributed by atoms with Crippen molar-refractivity contribution in [3.8, 4) is 0 Å². The van der Waals surface area contributed by atoms with E-state index in [1.807, 2.05) is 0 Å². The highest BCUT2D eigenvalue weighted by atomic mass is 32.2. The molecule has 13 heteroatoms. The average Bonchev–Trinajstić information content (AvgIpc) is 3.14. The van der Waals surface area contributed by atoms with Crippen LogP contribution < -0.4 is 5.32 Å². The van der Waals surface area contributed by atoms with E-state index in [1.54, 1.807) is 13.8 Å². The van der Waals surface area contributed by atoms with E-state index in [-0.39, 0.29) is 53.1 Å². The van der Waals surface area contributed by atoms with Crippen molar-refractivity contribution in [2.45, 2.75) is 56.0 Å². The second-order valence-corrected chi connectivity index (χ2v) is 12.6. The molecule has 2 unspecified atom stereocenters. The van der Waals surface area contributed by atoms with Crippen molar-refractivity contribution in [2.24, 2.45) is 5.92 Å². The van der Waals surface area contributed by atoms with E-state index in [1.165, 1.54) is 30.6 Å². The van der Waals surface area contributed by atoms with Crippen LogP contribution in [0.2, 0.25) is 0 Å². The molecule has 1 aromatic carbocycles. The van der Waals surface area contributed by atoms with Gasteiger partial charge in [0.25, 0.3) is 5.91 Å². The zero-order valence-electron chi connectivity index (χ0n) is 20.6. The minimum Gasteiger partial charge on any atom is -0.352 e. The first-order valence-electron chi connectivity index (χ1n) is 11.7. The summed E-state index contributed by atoms with van der Waals surface area (Å²) in [6.45, 7) is 3.69. The minimum absolute atomic E-state index is 0.0977. The molecular weight excluding hydrogens is 527 g/mol. The molecule has 4 atom stereocenters. The molecule has 0 aliphatic heterocycles. The predicted molar refractivity (Wildman–Crippen MR) is 134 cm³/mol. The number of nitrogens with zero attached hydrogens (tertiary/aromatic N) is 2. The first-order chi connectivity index (χ1) is 17.3. The number of likely N-dealkylation sites (N-methyl/N-ethyl adjacent to an activating group) is 1. The van der Waals surface area contributed by atoms with Gasteiger partial charge < -0.3 is 15.1 Å². The molecule has 0 saturated heterocycles. The first kappa shape index (κ1) is 29.0. The van der Waals surface area contributed by atoms with Crippen LogP contribution in [0.1, 0.15) is 55.6 Å². The number of aromatic nitrogens is 2. The van der Waals surface area contributed by atoms with E-state index in [4.69, 9.17) is 0 Å². The van der Waals surface area contributed by atoms with Gasteiger partial charge in [0.05, 0.1) is 10.6 Å². The van der Waals surface area contributed by atoms with Gasteiger partial charge >= 0.3 is 7.60 Å². The summed E-state index contributed by atoms with van der Waals surface area (Å²) in [5.74, 6) is -1.11. The third-order valence-corrected chi connectivity index (χ3v) is 8.75. The summed E-state index contributed by atoms with van der Waals surface area (Å²) in [4.78, 5) is 41.3. The summed E-state index contributed by atoms with van der Waals surface area (Å²) in [6, 6.07) is 3.78. The number of carbonyl (C=O) groups is 1. The number of benzene rings is 1. The van der Waals surface area contributed by atoms with E-state index in [9.17, 15) is 36.3 Å². The second-order valence-electron chi connectivity index (χ2n) is 8.96. The lowest BCUT2D eigenvalue weighted by atomic mass is 9.86. The maximum atomic E-state index is 14.1. The largest absolute Gasteiger partial charge is 0.352 e. The maximum Gasteiger partial charge on any atom is 0.339 e. The second kappa shape index (κ2) is 11.5. The van der Waals surface area contributed by atoms with E-state index >= 15 is 0 Å². The zero-order valence-corrected chi connectivity index (χ0v) is 22.3. The number of amides is 1. The fourth-order valence-corrected chi connectivity index (χ4v) is 6.88. The molecular formula is C24H30F2N3O6PS. The van der Waals surface area contributed by atoms with Crippen molar-refractivity contribution >= 4 is 28.9 Å². The lowest BCUT2D eigenvalue weighted by Crippen LogP contribution is -2.26. The lowest BCUT2D eigenvalue weighted by Gasteiger charge is -2.23. The molecule has 1 saturated carbocycles. The summed E-state index contributed by atoms with van der Waals surface area (Å²) < 4.78 is 66.1. The Bertz CT molecular complexity index is 1320. The highest BCUT2D eigenvalue weighted by Gasteiger charge is 2.39. The van der Waals surface area contributed by atoms with Gasteiger partial charge in [-0.2, -0.15) is 0 Å². The molecule has 1 aliphatic rings. The Balaban J connectivity index is 2.35. The third-order valence-electron chi connectivity index (χ3n) is 6.36. The molecule has 1 fully saturated rings. The fourth-order valence-electron chi connectivity index (χ4n) is 4.82. The molecule has 1 aromatic heterocycles. The molecule has 0 radical (unpaired) electrons. The van der Waals surface area contributed by atoms with Crippen LogP contribution in [0.15, 0.2) is 47.3 Å². The number of nitrogens with one attached hydrogen (secondary N) is 1. The van der Waals surface area contributed by atoms with Crippen LogP contribution in [0, 0.1) is 5.92 Å². The SMILES string of the molecule is CCNC(=O)/C(=C(\CC)C1C[C@@H](F)[C@@H](F)C1)c1ccc(S(C)(=O)=O)c(C(c2cnccn2)P(=O)(O)O)c1. The van der Waals surface area contributed by atoms with Gasteiger partial charge in [0.2, 0.25) is 0 Å². The smallest absolute Gasteiger partial charge is 0.339 e. The van der Waals surface area contributed by atoms with E-state index in [0.717, 1.165) is 12.5 Å². The summed E-state index contributed by atoms with van der Waals surface area (Å²) in [7, 11) is -9.04. The normalized spacial score (nSPS) is 21.9. The van der Waals surface area contributed by atoms with Gasteiger partial charge in [0.15, 0.2) is 9.84 Å². The third kappa shape index (κ3) is 6.49. The summed E-state index contributed by atoms with van der Waals surface area (Å²) in [6.07, 6.45) is 1.29. The Labute approximate surface area is 214 Å². The standard InChI is InChI=1S/C24H30F2N3O6PS/c1-4-16(15-11-18(25)19(26)12-15)22(24(30)28-5-2)14-6-7-21(37(3,34)35)17(10-14)23(36(31,32)33)20-13-27-8-9-29-20/h6-10,13,15,18-19,23H,4-5,11-12H2,1-3H3,(H,28,30)(H2,31,32,33)/b22-16+/t15?,18-,19+,23?. The summed E-state index contributed by atoms with van der Waals surface area (Å²) in [5, 5.41) is 2.68. The molecule has 1 heterocycles. The fraction of sp³-hybridized carbons (Fsp3) is 0.458. The number of hydrogen-bond acceptors (Lipinski definition) is 6. The average molecular weight is 558 g/mol. The van der Waals surface area contributed by atoms with E-state index in [2.05, 4.69) is 15.3 Å². The number of halogens is 2. The Kier molecular flexibility index (Phi) is 9.00. The van der Waals surface area contributed by atoms with Crippen LogP contribution in [0.4, 0.5) is 8.78 Å². The number of allylic oxidation sites excluding steroid dienone is 1. The van der Waals surface area contributed by atoms with Crippen molar-refractivity contribution in [3.63, 3.8) is 0 Å². The van der Waals surface area contributed by atoms with Crippen molar-refractivity contribution in [1.82, 2.24) is 15.3 Å². The minimum atomic E-state index is -5.05. The molecule has 3 rings (SSSR count). The Morgan fingerprint density at radius 2 is 1.84 bits per heavy atom. The Morgan fingerprint density at radius 3 is 2.32 bits per heavy atom. The van der Waals surface area contributed by atoms with Crippen molar-refractivity contribution < 1.29 is 36.3 Å². The van der Waals surface area contributed by atoms with Crippen LogP contribution in [0.5, 0.6) is 0 Å². The predicted octanol–water partition coefficient (Wildman–Crippen LogP) is 3.53. The molecule has 1 aliphatic carbocycles. The van der Waals surface area contributed by atoms with Crippen LogP contribution in [0.25, 0.3) is 5.57 Å². The van der Waals surface area contributed by atoms with Crippen LogP contribution in [-0.4, -0.2) is 59.2 Å². The highest BCUT2D eigenvalue weighted by Crippen LogP contribution is 2.56. The maximum absolute atomic E-state index is 14.1. The molecule has 2 aromatic rings. The van der Waals surface area contributed by atoms with Crippen LogP contribution in [0.3, 0.4) is 0 Å². The first-order valence-corrected chi connectivity index (χ1v) is 15.3. The monoisotopic (exact) mass is 557 g/mol. The molecule has 3 N–H and O–H groups in total. The van der Waals surface area contributed by atoms with E-state index in [0.29, 0.717) is 5.57 Å². The van der Waals surface area contributed by atoms with Gasteiger partial charge in [-0.25, -0.2) is 17.2 Å². The molecule has 37 heavy (non-hydrogen) atoms. The van der Waals surface area contributed by atoms with Gasteiger partial charge in [-0.05, 0) is 55.4 Å². The van der Waals surface area contributed by atoms with Gasteiger partial charge in [0.1, 0.15) is 18.0 Å². The van der Waals surface area contributed by atoms with Gasteiger partial charge in [0, 0.05) is 37.0 Å². The summed E-state index contributed by atoms with van der Waals surface area (Å²) >= 11 is 0. The van der Waals surface area contributed by atoms with Crippen LogP contribution >= 0.6 is 7.60 Å². The van der Waals surface area contributed by atoms with Gasteiger partial charge in [-0.3, -0.25) is 19.3 Å². The number of rotatable bonds is 9. The van der Waals surface area contributed by atoms with Gasteiger partial charge in [-0.1, -0.05) is 18.6 Å². The molecule has 0 spiro atoms. The quantitative estimate of drug-likeness (QED) is 0.314. The van der Waals surface area contributed by atoms with Crippen molar-refractivity contribution in [1.29, 1.82) is 0 Å². The van der Waals surface area contributed by atoms with Crippen molar-refractivity contribution in [3.05, 3.63) is 59.2 Å². The number of sulfone groups is 1. The molecule has 1 amide bonds. The number of hydrogen-bond donors (Lipinski definition) is 3. The molecule has 9 nitrogen and oxygen atoms in total. The topological polar surface area (TPSA) is 147 Å². The Morgan fingerprint density at radius 1 is 1.19 bits per heavy atom. The van der Waals surface area contributed by atoms with Crippen molar-refractivity contribution in [2.75, 3.05) is 12.8 Å². The van der Waals surface area contributed by atoms with Gasteiger partial charge in [-0.15, -0.1) is 0 Å². The highest BCUT2D eigenvalue weighted by molar-refractivity contribution is 7.90. The number of alkyl halides is 2. The molecule has 202 valence electrons. The Hall–Kier alpha value is -2.53. The van der Waals surface area contributed by atoms with E-state index < -0.39 is 47.3 Å². The molecule has 0 bridgehead atoms. The van der Waals surface area contributed by atoms with Crippen LogP contribution in [-0.2, 0) is 19.2 Å².